The summed E-state index contributed by atoms with van der Waals surface area (Å²) in [4.78, 5) is 9.26. The highest BCUT2D eigenvalue weighted by Gasteiger charge is 2.13. The average molecular weight is 366 g/mol. The van der Waals surface area contributed by atoms with E-state index in [-0.39, 0.29) is 4.90 Å². The SMILES string of the molecule is CS(=O)(=O)c1ccc2c(c1)nc(NCCc1ccccc1)c1nccn12. The fourth-order valence-corrected chi connectivity index (χ4v) is 3.60. The van der Waals surface area contributed by atoms with Gasteiger partial charge >= 0.3 is 0 Å². The second-order valence-corrected chi connectivity index (χ2v) is 8.18. The zero-order chi connectivity index (χ0) is 18.1. The van der Waals surface area contributed by atoms with E-state index in [2.05, 4.69) is 27.4 Å². The smallest absolute Gasteiger partial charge is 0.180 e. The zero-order valence-corrected chi connectivity index (χ0v) is 15.1. The molecule has 2 aromatic heterocycles. The quantitative estimate of drug-likeness (QED) is 0.588. The molecule has 0 bridgehead atoms. The van der Waals surface area contributed by atoms with Crippen molar-refractivity contribution in [1.82, 2.24) is 14.4 Å². The molecule has 132 valence electrons. The van der Waals surface area contributed by atoms with Crippen molar-refractivity contribution in [1.29, 1.82) is 0 Å². The lowest BCUT2D eigenvalue weighted by Gasteiger charge is -2.10. The van der Waals surface area contributed by atoms with E-state index >= 15 is 0 Å². The average Bonchev–Trinajstić information content (AvgIpc) is 3.11. The topological polar surface area (TPSA) is 76.4 Å². The first-order valence-corrected chi connectivity index (χ1v) is 10.2. The Morgan fingerprint density at radius 3 is 2.69 bits per heavy atom. The highest BCUT2D eigenvalue weighted by Crippen LogP contribution is 2.23. The molecule has 2 heterocycles. The van der Waals surface area contributed by atoms with Gasteiger partial charge in [-0.25, -0.2) is 18.4 Å². The van der Waals surface area contributed by atoms with Crippen LogP contribution in [0.5, 0.6) is 0 Å². The summed E-state index contributed by atoms with van der Waals surface area (Å²) in [5, 5.41) is 3.33. The predicted octanol–water partition coefficient (Wildman–Crippen LogP) is 2.94. The van der Waals surface area contributed by atoms with Crippen molar-refractivity contribution in [3.8, 4) is 0 Å². The minimum Gasteiger partial charge on any atom is -0.367 e. The largest absolute Gasteiger partial charge is 0.367 e. The van der Waals surface area contributed by atoms with Gasteiger partial charge in [-0.2, -0.15) is 0 Å². The van der Waals surface area contributed by atoms with Gasteiger partial charge in [-0.15, -0.1) is 0 Å². The predicted molar refractivity (Wildman–Crippen MR) is 102 cm³/mol. The summed E-state index contributed by atoms with van der Waals surface area (Å²) in [6, 6.07) is 15.2. The maximum atomic E-state index is 11.8. The van der Waals surface area contributed by atoms with Crippen molar-refractivity contribution < 1.29 is 8.42 Å². The molecule has 2 aromatic carbocycles. The van der Waals surface area contributed by atoms with Gasteiger partial charge < -0.3 is 5.32 Å². The summed E-state index contributed by atoms with van der Waals surface area (Å²) >= 11 is 0. The van der Waals surface area contributed by atoms with E-state index in [0.29, 0.717) is 17.9 Å². The molecule has 4 aromatic rings. The van der Waals surface area contributed by atoms with Crippen LogP contribution in [0.2, 0.25) is 0 Å². The monoisotopic (exact) mass is 366 g/mol. The first kappa shape index (κ1) is 16.5. The normalized spacial score (nSPS) is 11.9. The van der Waals surface area contributed by atoms with Crippen molar-refractivity contribution in [2.45, 2.75) is 11.3 Å². The van der Waals surface area contributed by atoms with Crippen LogP contribution in [0.3, 0.4) is 0 Å². The molecule has 0 aliphatic rings. The van der Waals surface area contributed by atoms with Gasteiger partial charge in [-0.1, -0.05) is 30.3 Å². The molecule has 0 radical (unpaired) electrons. The molecular formula is C19H18N4O2S. The number of nitrogens with zero attached hydrogens (tertiary/aromatic N) is 3. The van der Waals surface area contributed by atoms with Crippen molar-refractivity contribution in [3.63, 3.8) is 0 Å². The minimum atomic E-state index is -3.29. The van der Waals surface area contributed by atoms with E-state index < -0.39 is 9.84 Å². The number of benzene rings is 2. The van der Waals surface area contributed by atoms with Crippen molar-refractivity contribution in [3.05, 3.63) is 66.5 Å². The van der Waals surface area contributed by atoms with Gasteiger partial charge in [-0.05, 0) is 30.2 Å². The number of hydrogen-bond acceptors (Lipinski definition) is 5. The number of anilines is 1. The molecule has 0 saturated carbocycles. The minimum absolute atomic E-state index is 0.257. The Labute approximate surface area is 151 Å². The third kappa shape index (κ3) is 3.13. The third-order valence-electron chi connectivity index (χ3n) is 4.27. The summed E-state index contributed by atoms with van der Waals surface area (Å²) in [6.07, 6.45) is 5.62. The Morgan fingerprint density at radius 2 is 1.92 bits per heavy atom. The number of imidazole rings is 1. The number of nitrogens with one attached hydrogen (secondary N) is 1. The Bertz CT molecular complexity index is 1180. The molecule has 0 aliphatic heterocycles. The lowest BCUT2D eigenvalue weighted by molar-refractivity contribution is 0.602. The summed E-state index contributed by atoms with van der Waals surface area (Å²) in [7, 11) is -3.29. The number of fused-ring (bicyclic) bond motifs is 3. The van der Waals surface area contributed by atoms with Crippen LogP contribution in [0.25, 0.3) is 16.7 Å². The fourth-order valence-electron chi connectivity index (χ4n) is 2.96. The van der Waals surface area contributed by atoms with Crippen LogP contribution in [0.15, 0.2) is 65.8 Å². The van der Waals surface area contributed by atoms with Crippen LogP contribution in [0, 0.1) is 0 Å². The Morgan fingerprint density at radius 1 is 1.12 bits per heavy atom. The van der Waals surface area contributed by atoms with Crippen molar-refractivity contribution >= 4 is 32.3 Å². The maximum absolute atomic E-state index is 11.8. The summed E-state index contributed by atoms with van der Waals surface area (Å²) in [6.45, 7) is 0.705. The molecule has 0 saturated heterocycles. The molecule has 0 atom stereocenters. The molecule has 0 fully saturated rings. The number of hydrogen-bond donors (Lipinski definition) is 1. The highest BCUT2D eigenvalue weighted by molar-refractivity contribution is 7.90. The maximum Gasteiger partial charge on any atom is 0.180 e. The highest BCUT2D eigenvalue weighted by atomic mass is 32.2. The Balaban J connectivity index is 1.71. The van der Waals surface area contributed by atoms with Crippen LogP contribution >= 0.6 is 0 Å². The molecule has 26 heavy (non-hydrogen) atoms. The number of rotatable bonds is 5. The van der Waals surface area contributed by atoms with E-state index in [1.54, 1.807) is 24.4 Å². The molecule has 0 amide bonds. The van der Waals surface area contributed by atoms with Gasteiger partial charge in [0.25, 0.3) is 0 Å². The lowest BCUT2D eigenvalue weighted by Crippen LogP contribution is -2.09. The van der Waals surface area contributed by atoms with Gasteiger partial charge in [0.05, 0.1) is 15.9 Å². The lowest BCUT2D eigenvalue weighted by atomic mass is 10.1. The van der Waals surface area contributed by atoms with Gasteiger partial charge in [0.1, 0.15) is 0 Å². The van der Waals surface area contributed by atoms with E-state index in [4.69, 9.17) is 0 Å². The fraction of sp³-hybridized carbons (Fsp3) is 0.158. The molecule has 0 unspecified atom stereocenters. The Hall–Kier alpha value is -2.93. The molecule has 1 N–H and O–H groups in total. The summed E-state index contributed by atoms with van der Waals surface area (Å²) < 4.78 is 25.6. The van der Waals surface area contributed by atoms with Crippen LogP contribution in [-0.4, -0.2) is 35.6 Å². The number of sulfone groups is 1. The van der Waals surface area contributed by atoms with Gasteiger partial charge in [0.2, 0.25) is 0 Å². The number of aromatic nitrogens is 3. The van der Waals surface area contributed by atoms with E-state index in [9.17, 15) is 8.42 Å². The first-order valence-electron chi connectivity index (χ1n) is 8.27. The van der Waals surface area contributed by atoms with Crippen molar-refractivity contribution in [2.75, 3.05) is 18.1 Å². The summed E-state index contributed by atoms with van der Waals surface area (Å²) in [5.74, 6) is 0.643. The molecule has 6 nitrogen and oxygen atoms in total. The van der Waals surface area contributed by atoms with E-state index in [0.717, 1.165) is 17.6 Å². The first-order chi connectivity index (χ1) is 12.5. The molecule has 0 spiro atoms. The van der Waals surface area contributed by atoms with Gasteiger partial charge in [0.15, 0.2) is 21.3 Å². The summed E-state index contributed by atoms with van der Waals surface area (Å²) in [5.41, 5.74) is 3.39. The second kappa shape index (κ2) is 6.42. The molecule has 4 rings (SSSR count). The van der Waals surface area contributed by atoms with Crippen LogP contribution in [0.1, 0.15) is 5.56 Å². The van der Waals surface area contributed by atoms with Gasteiger partial charge in [0, 0.05) is 25.2 Å². The Kier molecular flexibility index (Phi) is 4.08. The van der Waals surface area contributed by atoms with E-state index in [1.807, 2.05) is 28.8 Å². The standard InChI is InChI=1S/C19H18N4O2S/c1-26(24,25)15-7-8-17-16(13-15)22-18(19-21-11-12-23(17)19)20-10-9-14-5-3-2-4-6-14/h2-8,11-13H,9-10H2,1H3,(H,20,22). The molecular weight excluding hydrogens is 348 g/mol. The van der Waals surface area contributed by atoms with Gasteiger partial charge in [-0.3, -0.25) is 4.40 Å². The second-order valence-electron chi connectivity index (χ2n) is 6.17. The third-order valence-corrected chi connectivity index (χ3v) is 5.38. The van der Waals surface area contributed by atoms with Crippen LogP contribution in [0.4, 0.5) is 5.82 Å². The molecule has 0 aliphatic carbocycles. The zero-order valence-electron chi connectivity index (χ0n) is 14.3. The van der Waals surface area contributed by atoms with Crippen LogP contribution in [-0.2, 0) is 16.3 Å². The van der Waals surface area contributed by atoms with E-state index in [1.165, 1.54) is 11.8 Å². The van der Waals surface area contributed by atoms with Crippen molar-refractivity contribution in [2.24, 2.45) is 0 Å². The molecule has 7 heteroatoms. The van der Waals surface area contributed by atoms with Crippen LogP contribution < -0.4 is 5.32 Å².